The average Bonchev–Trinajstić information content (AvgIpc) is 2.89. The Kier molecular flexibility index (Phi) is 6.60. The van der Waals surface area contributed by atoms with E-state index in [1.165, 1.54) is 44.1 Å². The third-order valence-electron chi connectivity index (χ3n) is 3.53. The molecule has 3 nitrogen and oxygen atoms in total. The van der Waals surface area contributed by atoms with Gasteiger partial charge < -0.3 is 5.32 Å². The molecule has 98 valence electrons. The number of hydrogen-bond donors (Lipinski definition) is 1. The van der Waals surface area contributed by atoms with Crippen LogP contribution in [0.3, 0.4) is 0 Å². The standard InChI is InChI=1S/C13H23N3.ClH/c1-16-11-13(10-15-16)9-14-8-4-7-12-5-2-3-6-12;/h10-12,14H,2-9H2,1H3;1H. The van der Waals surface area contributed by atoms with Gasteiger partial charge in [0.15, 0.2) is 0 Å². The fourth-order valence-corrected chi connectivity index (χ4v) is 2.61. The first kappa shape index (κ1) is 14.5. The number of aromatic nitrogens is 2. The molecule has 0 atom stereocenters. The first-order valence-corrected chi connectivity index (χ1v) is 6.53. The van der Waals surface area contributed by atoms with E-state index in [2.05, 4.69) is 16.6 Å². The van der Waals surface area contributed by atoms with Crippen LogP contribution in [0.4, 0.5) is 0 Å². The maximum absolute atomic E-state index is 4.16. The molecule has 1 saturated carbocycles. The summed E-state index contributed by atoms with van der Waals surface area (Å²) in [5, 5.41) is 7.64. The van der Waals surface area contributed by atoms with Gasteiger partial charge in [0.1, 0.15) is 0 Å². The zero-order chi connectivity index (χ0) is 11.2. The number of hydrogen-bond acceptors (Lipinski definition) is 2. The molecular weight excluding hydrogens is 234 g/mol. The Labute approximate surface area is 110 Å². The molecule has 0 saturated heterocycles. The van der Waals surface area contributed by atoms with Crippen LogP contribution < -0.4 is 5.32 Å². The third kappa shape index (κ3) is 5.09. The van der Waals surface area contributed by atoms with Crippen LogP contribution in [0.15, 0.2) is 12.4 Å². The van der Waals surface area contributed by atoms with Gasteiger partial charge in [0.05, 0.1) is 6.20 Å². The number of halogens is 1. The monoisotopic (exact) mass is 257 g/mol. The van der Waals surface area contributed by atoms with Crippen molar-refractivity contribution in [3.63, 3.8) is 0 Å². The molecule has 0 aromatic carbocycles. The van der Waals surface area contributed by atoms with Crippen molar-refractivity contribution in [3.05, 3.63) is 18.0 Å². The topological polar surface area (TPSA) is 29.9 Å². The Morgan fingerprint density at radius 1 is 1.41 bits per heavy atom. The van der Waals surface area contributed by atoms with E-state index in [1.807, 2.05) is 17.9 Å². The highest BCUT2D eigenvalue weighted by molar-refractivity contribution is 5.85. The summed E-state index contributed by atoms with van der Waals surface area (Å²) in [5.41, 5.74) is 1.28. The molecule has 1 aliphatic carbocycles. The van der Waals surface area contributed by atoms with Crippen LogP contribution in [0, 0.1) is 5.92 Å². The van der Waals surface area contributed by atoms with E-state index in [4.69, 9.17) is 0 Å². The van der Waals surface area contributed by atoms with Gasteiger partial charge in [-0.05, 0) is 25.3 Å². The molecule has 17 heavy (non-hydrogen) atoms. The molecule has 0 bridgehead atoms. The van der Waals surface area contributed by atoms with Crippen LogP contribution in [-0.2, 0) is 13.6 Å². The van der Waals surface area contributed by atoms with E-state index in [9.17, 15) is 0 Å². The molecule has 0 unspecified atom stereocenters. The van der Waals surface area contributed by atoms with Crippen LogP contribution in [0.5, 0.6) is 0 Å². The van der Waals surface area contributed by atoms with Gasteiger partial charge in [-0.2, -0.15) is 5.10 Å². The molecule has 4 heteroatoms. The Hall–Kier alpha value is -0.540. The predicted molar refractivity (Wildman–Crippen MR) is 73.4 cm³/mol. The quantitative estimate of drug-likeness (QED) is 0.795. The lowest BCUT2D eigenvalue weighted by molar-refractivity contribution is 0.470. The molecule has 1 fully saturated rings. The van der Waals surface area contributed by atoms with Gasteiger partial charge in [0.25, 0.3) is 0 Å². The summed E-state index contributed by atoms with van der Waals surface area (Å²) >= 11 is 0. The highest BCUT2D eigenvalue weighted by atomic mass is 35.5. The Balaban J connectivity index is 0.00000144. The van der Waals surface area contributed by atoms with Gasteiger partial charge >= 0.3 is 0 Å². The summed E-state index contributed by atoms with van der Waals surface area (Å²) in [4.78, 5) is 0. The van der Waals surface area contributed by atoms with Crippen molar-refractivity contribution in [1.29, 1.82) is 0 Å². The van der Waals surface area contributed by atoms with Crippen molar-refractivity contribution in [3.8, 4) is 0 Å². The maximum Gasteiger partial charge on any atom is 0.0534 e. The first-order chi connectivity index (χ1) is 7.84. The molecule has 2 rings (SSSR count). The van der Waals surface area contributed by atoms with Gasteiger partial charge in [0.2, 0.25) is 0 Å². The zero-order valence-corrected chi connectivity index (χ0v) is 11.5. The van der Waals surface area contributed by atoms with Crippen LogP contribution in [0.1, 0.15) is 44.1 Å². The van der Waals surface area contributed by atoms with Crippen molar-refractivity contribution in [1.82, 2.24) is 15.1 Å². The molecule has 1 aromatic heterocycles. The lowest BCUT2D eigenvalue weighted by atomic mass is 10.0. The summed E-state index contributed by atoms with van der Waals surface area (Å²) in [6.45, 7) is 2.10. The van der Waals surface area contributed by atoms with Crippen LogP contribution >= 0.6 is 12.4 Å². The minimum absolute atomic E-state index is 0. The van der Waals surface area contributed by atoms with Crippen molar-refractivity contribution in [2.24, 2.45) is 13.0 Å². The lowest BCUT2D eigenvalue weighted by Gasteiger charge is -2.08. The average molecular weight is 258 g/mol. The van der Waals surface area contributed by atoms with E-state index in [0.29, 0.717) is 0 Å². The summed E-state index contributed by atoms with van der Waals surface area (Å²) < 4.78 is 1.86. The Morgan fingerprint density at radius 2 is 2.18 bits per heavy atom. The zero-order valence-electron chi connectivity index (χ0n) is 10.7. The second-order valence-electron chi connectivity index (χ2n) is 4.99. The van der Waals surface area contributed by atoms with E-state index in [-0.39, 0.29) is 12.4 Å². The second-order valence-corrected chi connectivity index (χ2v) is 4.99. The van der Waals surface area contributed by atoms with Crippen molar-refractivity contribution < 1.29 is 0 Å². The highest BCUT2D eigenvalue weighted by Gasteiger charge is 2.13. The molecular formula is C13H24ClN3. The first-order valence-electron chi connectivity index (χ1n) is 6.53. The number of nitrogens with zero attached hydrogens (tertiary/aromatic N) is 2. The Morgan fingerprint density at radius 3 is 2.82 bits per heavy atom. The lowest BCUT2D eigenvalue weighted by Crippen LogP contribution is -2.15. The van der Waals surface area contributed by atoms with Crippen LogP contribution in [0.25, 0.3) is 0 Å². The van der Waals surface area contributed by atoms with E-state index in [1.54, 1.807) is 0 Å². The Bertz CT molecular complexity index is 305. The summed E-state index contributed by atoms with van der Waals surface area (Å²) in [6, 6.07) is 0. The number of aryl methyl sites for hydroxylation is 1. The molecule has 0 amide bonds. The molecule has 1 aliphatic rings. The molecule has 1 heterocycles. The SMILES string of the molecule is Cl.Cn1cc(CNCCCC2CCCC2)cn1. The predicted octanol–water partition coefficient (Wildman–Crippen LogP) is 2.90. The van der Waals surface area contributed by atoms with Gasteiger partial charge in [0, 0.05) is 25.4 Å². The van der Waals surface area contributed by atoms with Crippen molar-refractivity contribution in [2.45, 2.75) is 45.1 Å². The van der Waals surface area contributed by atoms with Crippen molar-refractivity contribution in [2.75, 3.05) is 6.54 Å². The van der Waals surface area contributed by atoms with E-state index < -0.39 is 0 Å². The highest BCUT2D eigenvalue weighted by Crippen LogP contribution is 2.28. The fourth-order valence-electron chi connectivity index (χ4n) is 2.61. The molecule has 0 radical (unpaired) electrons. The van der Waals surface area contributed by atoms with Gasteiger partial charge in [-0.3, -0.25) is 4.68 Å². The smallest absolute Gasteiger partial charge is 0.0534 e. The number of rotatable bonds is 6. The van der Waals surface area contributed by atoms with E-state index >= 15 is 0 Å². The van der Waals surface area contributed by atoms with Crippen LogP contribution in [-0.4, -0.2) is 16.3 Å². The molecule has 0 aliphatic heterocycles. The molecule has 1 aromatic rings. The third-order valence-corrected chi connectivity index (χ3v) is 3.53. The minimum atomic E-state index is 0. The van der Waals surface area contributed by atoms with Gasteiger partial charge in [-0.1, -0.05) is 25.7 Å². The molecule has 1 N–H and O–H groups in total. The fraction of sp³-hybridized carbons (Fsp3) is 0.769. The largest absolute Gasteiger partial charge is 0.313 e. The van der Waals surface area contributed by atoms with Gasteiger partial charge in [-0.25, -0.2) is 0 Å². The summed E-state index contributed by atoms with van der Waals surface area (Å²) in [5.74, 6) is 1.03. The number of nitrogens with one attached hydrogen (secondary N) is 1. The van der Waals surface area contributed by atoms with Crippen molar-refractivity contribution >= 4 is 12.4 Å². The molecule has 0 spiro atoms. The summed E-state index contributed by atoms with van der Waals surface area (Å²) in [6.07, 6.45) is 12.6. The van der Waals surface area contributed by atoms with Gasteiger partial charge in [-0.15, -0.1) is 12.4 Å². The minimum Gasteiger partial charge on any atom is -0.313 e. The maximum atomic E-state index is 4.16. The summed E-state index contributed by atoms with van der Waals surface area (Å²) in [7, 11) is 1.96. The van der Waals surface area contributed by atoms with E-state index in [0.717, 1.165) is 19.0 Å². The van der Waals surface area contributed by atoms with Crippen LogP contribution in [0.2, 0.25) is 0 Å². The second kappa shape index (κ2) is 7.72. The normalized spacial score (nSPS) is 16.1.